The maximum absolute atomic E-state index is 5.55. The van der Waals surface area contributed by atoms with Crippen LogP contribution in [0.5, 0.6) is 6.01 Å². The predicted molar refractivity (Wildman–Crippen MR) is 78.6 cm³/mol. The van der Waals surface area contributed by atoms with Gasteiger partial charge >= 0.3 is 6.01 Å². The van der Waals surface area contributed by atoms with Crippen LogP contribution in [0.2, 0.25) is 0 Å². The van der Waals surface area contributed by atoms with E-state index in [1.807, 2.05) is 13.8 Å². The van der Waals surface area contributed by atoms with E-state index in [2.05, 4.69) is 32.2 Å². The van der Waals surface area contributed by atoms with Gasteiger partial charge in [0.05, 0.1) is 6.10 Å². The number of nitrogens with two attached hydrogens (primary N) is 1. The van der Waals surface area contributed by atoms with Gasteiger partial charge in [-0.15, -0.1) is 0 Å². The van der Waals surface area contributed by atoms with Gasteiger partial charge in [0.1, 0.15) is 0 Å². The van der Waals surface area contributed by atoms with Gasteiger partial charge in [0, 0.05) is 13.1 Å². The predicted octanol–water partition coefficient (Wildman–Crippen LogP) is 1.57. The standard InChI is InChI=1S/C13H24N6O/c1-4-5-10-6-7-19(8-10)12-15-11(18-14)16-13(17-12)20-9(2)3/h9-10H,4-8,14H2,1-3H3,(H,15,16,17,18). The zero-order valence-corrected chi connectivity index (χ0v) is 12.5. The fourth-order valence-electron chi connectivity index (χ4n) is 2.47. The highest BCUT2D eigenvalue weighted by Gasteiger charge is 2.25. The Morgan fingerprint density at radius 1 is 1.40 bits per heavy atom. The zero-order valence-electron chi connectivity index (χ0n) is 12.5. The first kappa shape index (κ1) is 14.8. The zero-order chi connectivity index (χ0) is 14.5. The Bertz CT molecular complexity index is 439. The third-order valence-electron chi connectivity index (χ3n) is 3.34. The van der Waals surface area contributed by atoms with E-state index in [1.54, 1.807) is 0 Å². The van der Waals surface area contributed by atoms with Gasteiger partial charge in [-0.1, -0.05) is 13.3 Å². The Hall–Kier alpha value is -1.63. The van der Waals surface area contributed by atoms with E-state index in [-0.39, 0.29) is 6.10 Å². The first-order valence-corrected chi connectivity index (χ1v) is 7.26. The second kappa shape index (κ2) is 6.69. The second-order valence-electron chi connectivity index (χ2n) is 5.44. The number of nitrogens with one attached hydrogen (secondary N) is 1. The topological polar surface area (TPSA) is 89.2 Å². The molecule has 112 valence electrons. The molecule has 0 amide bonds. The number of ether oxygens (including phenoxy) is 1. The van der Waals surface area contributed by atoms with Gasteiger partial charge in [-0.25, -0.2) is 5.84 Å². The van der Waals surface area contributed by atoms with E-state index >= 15 is 0 Å². The highest BCUT2D eigenvalue weighted by molar-refractivity contribution is 5.38. The molecule has 1 aliphatic heterocycles. The summed E-state index contributed by atoms with van der Waals surface area (Å²) < 4.78 is 5.55. The Morgan fingerprint density at radius 3 is 2.85 bits per heavy atom. The number of hydrazine groups is 1. The Morgan fingerprint density at radius 2 is 2.20 bits per heavy atom. The van der Waals surface area contributed by atoms with Crippen molar-refractivity contribution in [3.63, 3.8) is 0 Å². The number of nitrogen functional groups attached to an aromatic ring is 1. The number of nitrogens with zero attached hydrogens (tertiary/aromatic N) is 4. The normalized spacial score (nSPS) is 18.6. The van der Waals surface area contributed by atoms with Crippen LogP contribution in [0.15, 0.2) is 0 Å². The van der Waals surface area contributed by atoms with Crippen molar-refractivity contribution in [3.05, 3.63) is 0 Å². The molecule has 1 aliphatic rings. The van der Waals surface area contributed by atoms with Crippen LogP contribution in [0.3, 0.4) is 0 Å². The van der Waals surface area contributed by atoms with Crippen LogP contribution < -0.4 is 20.9 Å². The summed E-state index contributed by atoms with van der Waals surface area (Å²) in [4.78, 5) is 15.0. The molecule has 1 aromatic heterocycles. The molecule has 7 nitrogen and oxygen atoms in total. The van der Waals surface area contributed by atoms with E-state index < -0.39 is 0 Å². The number of hydrogen-bond acceptors (Lipinski definition) is 7. The molecule has 7 heteroatoms. The van der Waals surface area contributed by atoms with Crippen LogP contribution in [0.4, 0.5) is 11.9 Å². The van der Waals surface area contributed by atoms with Crippen molar-refractivity contribution in [2.24, 2.45) is 11.8 Å². The first-order chi connectivity index (χ1) is 9.62. The first-order valence-electron chi connectivity index (χ1n) is 7.26. The van der Waals surface area contributed by atoms with Gasteiger partial charge in [-0.05, 0) is 32.6 Å². The van der Waals surface area contributed by atoms with Crippen molar-refractivity contribution in [1.29, 1.82) is 0 Å². The lowest BCUT2D eigenvalue weighted by Crippen LogP contribution is -2.24. The number of anilines is 2. The summed E-state index contributed by atoms with van der Waals surface area (Å²) in [5.41, 5.74) is 2.47. The lowest BCUT2D eigenvalue weighted by atomic mass is 10.0. The molecule has 0 saturated carbocycles. The van der Waals surface area contributed by atoms with Gasteiger partial charge < -0.3 is 9.64 Å². The van der Waals surface area contributed by atoms with Crippen molar-refractivity contribution in [2.45, 2.75) is 46.1 Å². The van der Waals surface area contributed by atoms with Crippen LogP contribution >= 0.6 is 0 Å². The molecule has 2 rings (SSSR count). The second-order valence-corrected chi connectivity index (χ2v) is 5.44. The van der Waals surface area contributed by atoms with E-state index in [1.165, 1.54) is 19.3 Å². The Labute approximate surface area is 119 Å². The van der Waals surface area contributed by atoms with Crippen LogP contribution in [0, 0.1) is 5.92 Å². The van der Waals surface area contributed by atoms with Crippen molar-refractivity contribution >= 4 is 11.9 Å². The highest BCUT2D eigenvalue weighted by Crippen LogP contribution is 2.25. The average Bonchev–Trinajstić information content (AvgIpc) is 2.86. The van der Waals surface area contributed by atoms with Crippen molar-refractivity contribution < 1.29 is 4.74 Å². The number of rotatable bonds is 6. The maximum atomic E-state index is 5.55. The third-order valence-corrected chi connectivity index (χ3v) is 3.34. The van der Waals surface area contributed by atoms with Crippen LogP contribution in [0.25, 0.3) is 0 Å². The van der Waals surface area contributed by atoms with Crippen LogP contribution in [-0.2, 0) is 0 Å². The summed E-state index contributed by atoms with van der Waals surface area (Å²) in [6, 6.07) is 0.317. The molecular weight excluding hydrogens is 256 g/mol. The molecule has 1 atom stereocenters. The van der Waals surface area contributed by atoms with E-state index in [9.17, 15) is 0 Å². The van der Waals surface area contributed by atoms with E-state index in [0.29, 0.717) is 17.9 Å². The molecule has 2 heterocycles. The average molecular weight is 280 g/mol. The summed E-state index contributed by atoms with van der Waals surface area (Å²) in [5.74, 6) is 7.12. The van der Waals surface area contributed by atoms with Gasteiger partial charge in [0.2, 0.25) is 11.9 Å². The monoisotopic (exact) mass is 280 g/mol. The molecule has 1 unspecified atom stereocenters. The number of hydrogen-bond donors (Lipinski definition) is 2. The molecule has 1 saturated heterocycles. The van der Waals surface area contributed by atoms with Gasteiger partial charge in [0.25, 0.3) is 0 Å². The van der Waals surface area contributed by atoms with Gasteiger partial charge in [-0.3, -0.25) is 5.43 Å². The molecule has 0 spiro atoms. The Balaban J connectivity index is 2.14. The minimum Gasteiger partial charge on any atom is -0.461 e. The van der Waals surface area contributed by atoms with E-state index in [0.717, 1.165) is 19.0 Å². The van der Waals surface area contributed by atoms with Gasteiger partial charge in [-0.2, -0.15) is 15.0 Å². The SMILES string of the molecule is CCCC1CCN(c2nc(NN)nc(OC(C)C)n2)C1. The smallest absolute Gasteiger partial charge is 0.323 e. The lowest BCUT2D eigenvalue weighted by molar-refractivity contribution is 0.222. The highest BCUT2D eigenvalue weighted by atomic mass is 16.5. The molecule has 20 heavy (non-hydrogen) atoms. The minimum atomic E-state index is 0.0160. The van der Waals surface area contributed by atoms with Crippen molar-refractivity contribution in [3.8, 4) is 6.01 Å². The maximum Gasteiger partial charge on any atom is 0.323 e. The van der Waals surface area contributed by atoms with Crippen molar-refractivity contribution in [1.82, 2.24) is 15.0 Å². The quantitative estimate of drug-likeness (QED) is 0.604. The van der Waals surface area contributed by atoms with Crippen LogP contribution in [-0.4, -0.2) is 34.1 Å². The summed E-state index contributed by atoms with van der Waals surface area (Å²) in [7, 11) is 0. The van der Waals surface area contributed by atoms with Crippen LogP contribution in [0.1, 0.15) is 40.0 Å². The summed E-state index contributed by atoms with van der Waals surface area (Å²) >= 11 is 0. The lowest BCUT2D eigenvalue weighted by Gasteiger charge is -2.18. The molecular formula is C13H24N6O. The molecule has 0 aliphatic carbocycles. The molecule has 1 fully saturated rings. The third kappa shape index (κ3) is 3.69. The molecule has 0 aromatic carbocycles. The van der Waals surface area contributed by atoms with Gasteiger partial charge in [0.15, 0.2) is 0 Å². The minimum absolute atomic E-state index is 0.0160. The molecule has 0 radical (unpaired) electrons. The summed E-state index contributed by atoms with van der Waals surface area (Å²) in [5, 5.41) is 0. The Kier molecular flexibility index (Phi) is 4.94. The summed E-state index contributed by atoms with van der Waals surface area (Å²) in [6.45, 7) is 8.05. The van der Waals surface area contributed by atoms with E-state index in [4.69, 9.17) is 10.6 Å². The molecule has 3 N–H and O–H groups in total. The van der Waals surface area contributed by atoms with Crippen molar-refractivity contribution in [2.75, 3.05) is 23.4 Å². The fourth-order valence-corrected chi connectivity index (χ4v) is 2.47. The largest absolute Gasteiger partial charge is 0.461 e. The summed E-state index contributed by atoms with van der Waals surface area (Å²) in [6.07, 6.45) is 3.67. The molecule has 0 bridgehead atoms. The number of aromatic nitrogens is 3. The molecule has 1 aromatic rings. The fraction of sp³-hybridized carbons (Fsp3) is 0.769.